The van der Waals surface area contributed by atoms with E-state index in [1.54, 1.807) is 32.7 Å². The summed E-state index contributed by atoms with van der Waals surface area (Å²) in [5.41, 5.74) is 4.48. The number of aromatic nitrogens is 3. The lowest BCUT2D eigenvalue weighted by Crippen LogP contribution is -2.40. The Morgan fingerprint density at radius 3 is 2.17 bits per heavy atom. The third-order valence-corrected chi connectivity index (χ3v) is 7.61. The molecule has 1 aliphatic heterocycles. The van der Waals surface area contributed by atoms with Crippen molar-refractivity contribution in [3.05, 3.63) is 119 Å². The SMILES string of the molecule is COC.O=Cc1c(F)ccc2c1OB(O)C(SCc1ccc(CN(Cc3ccccn3)Cc3ccccn3)nc1)C2. The summed E-state index contributed by atoms with van der Waals surface area (Å²) < 4.78 is 23.7. The number of ether oxygens (including phenoxy) is 1. The van der Waals surface area contributed by atoms with Gasteiger partial charge in [-0.05, 0) is 53.9 Å². The Morgan fingerprint density at radius 1 is 1.00 bits per heavy atom. The summed E-state index contributed by atoms with van der Waals surface area (Å²) in [7, 11) is 2.12. The monoisotopic (exact) mass is 574 g/mol. The maximum atomic E-state index is 13.9. The number of halogens is 1. The van der Waals surface area contributed by atoms with E-state index in [1.165, 1.54) is 17.8 Å². The number of fused-ring (bicyclic) bond motifs is 1. The Morgan fingerprint density at radius 2 is 1.63 bits per heavy atom. The standard InChI is InChI=1S/C28H26BFN4O3S.C2H6O/c30-26-10-8-21-13-27(29(36)37-28(21)25(26)18-35)38-19-20-7-9-24(33-14-20)17-34(15-22-5-1-3-11-31-22)16-23-6-2-4-12-32-23;1-3-2/h1-12,14,18,27,36H,13,15-17,19H2;1-2H3. The zero-order chi connectivity index (χ0) is 29.0. The highest BCUT2D eigenvalue weighted by Gasteiger charge is 2.36. The van der Waals surface area contributed by atoms with E-state index in [2.05, 4.69) is 24.6 Å². The van der Waals surface area contributed by atoms with Crippen LogP contribution >= 0.6 is 11.8 Å². The van der Waals surface area contributed by atoms with Gasteiger partial charge in [0.15, 0.2) is 6.29 Å². The first-order valence-electron chi connectivity index (χ1n) is 13.1. The molecule has 1 aromatic carbocycles. The van der Waals surface area contributed by atoms with Crippen molar-refractivity contribution in [3.8, 4) is 5.75 Å². The summed E-state index contributed by atoms with van der Waals surface area (Å²) >= 11 is 1.54. The van der Waals surface area contributed by atoms with E-state index in [4.69, 9.17) is 4.65 Å². The fourth-order valence-corrected chi connectivity index (χ4v) is 5.46. The first-order valence-corrected chi connectivity index (χ1v) is 14.1. The van der Waals surface area contributed by atoms with E-state index >= 15 is 0 Å². The van der Waals surface area contributed by atoms with Crippen LogP contribution in [0.5, 0.6) is 5.75 Å². The number of methoxy groups -OCH3 is 1. The molecular formula is C30H32BFN4O4S. The quantitative estimate of drug-likeness (QED) is 0.216. The van der Waals surface area contributed by atoms with E-state index in [1.807, 2.05) is 54.7 Å². The van der Waals surface area contributed by atoms with E-state index in [9.17, 15) is 14.2 Å². The predicted octanol–water partition coefficient (Wildman–Crippen LogP) is 4.54. The average molecular weight is 574 g/mol. The Kier molecular flexibility index (Phi) is 11.4. The second-order valence-electron chi connectivity index (χ2n) is 9.48. The van der Waals surface area contributed by atoms with E-state index in [0.29, 0.717) is 43.7 Å². The van der Waals surface area contributed by atoms with Gasteiger partial charge in [0.2, 0.25) is 0 Å². The van der Waals surface area contributed by atoms with Gasteiger partial charge in [0.05, 0.1) is 27.8 Å². The van der Waals surface area contributed by atoms with E-state index in [-0.39, 0.29) is 16.5 Å². The highest BCUT2D eigenvalue weighted by molar-refractivity contribution is 8.00. The van der Waals surface area contributed by atoms with Crippen molar-refractivity contribution in [2.24, 2.45) is 0 Å². The lowest BCUT2D eigenvalue weighted by Gasteiger charge is -2.28. The molecular weight excluding hydrogens is 542 g/mol. The van der Waals surface area contributed by atoms with Gasteiger partial charge in [-0.1, -0.05) is 24.3 Å². The molecule has 0 saturated heterocycles. The Hall–Kier alpha value is -3.64. The number of hydrogen-bond donors (Lipinski definition) is 1. The Bertz CT molecular complexity index is 1350. The summed E-state index contributed by atoms with van der Waals surface area (Å²) in [6.07, 6.45) is 6.35. The minimum absolute atomic E-state index is 0.135. The van der Waals surface area contributed by atoms with Gasteiger partial charge >= 0.3 is 7.12 Å². The lowest BCUT2D eigenvalue weighted by atomic mass is 9.77. The van der Waals surface area contributed by atoms with Gasteiger partial charge in [-0.25, -0.2) is 4.39 Å². The Balaban J connectivity index is 0.00000124. The second kappa shape index (κ2) is 15.4. The molecule has 41 heavy (non-hydrogen) atoms. The molecule has 0 saturated carbocycles. The third-order valence-electron chi connectivity index (χ3n) is 6.28. The molecule has 0 radical (unpaired) electrons. The van der Waals surface area contributed by atoms with Crippen LogP contribution in [0.15, 0.2) is 79.3 Å². The molecule has 1 N–H and O–H groups in total. The number of carbonyl (C=O) groups excluding carboxylic acids is 1. The molecule has 0 spiro atoms. The summed E-state index contributed by atoms with van der Waals surface area (Å²) in [6, 6.07) is 18.7. The highest BCUT2D eigenvalue weighted by Crippen LogP contribution is 2.35. The van der Waals surface area contributed by atoms with Crippen LogP contribution in [0.2, 0.25) is 0 Å². The minimum Gasteiger partial charge on any atom is -0.535 e. The molecule has 1 atom stereocenters. The summed E-state index contributed by atoms with van der Waals surface area (Å²) in [6.45, 7) is 1.99. The molecule has 4 heterocycles. The molecule has 0 bridgehead atoms. The molecule has 1 unspecified atom stereocenters. The number of benzene rings is 1. The first-order chi connectivity index (χ1) is 20.0. The van der Waals surface area contributed by atoms with Crippen molar-refractivity contribution in [3.63, 3.8) is 0 Å². The fourth-order valence-electron chi connectivity index (χ4n) is 4.36. The molecule has 0 aliphatic carbocycles. The highest BCUT2D eigenvalue weighted by atomic mass is 32.2. The van der Waals surface area contributed by atoms with Gasteiger partial charge in [-0.15, -0.1) is 0 Å². The number of pyridine rings is 3. The van der Waals surface area contributed by atoms with Gasteiger partial charge in [0.1, 0.15) is 11.6 Å². The van der Waals surface area contributed by atoms with Gasteiger partial charge in [0, 0.05) is 58.2 Å². The molecule has 1 aliphatic rings. The van der Waals surface area contributed by atoms with Crippen molar-refractivity contribution in [1.82, 2.24) is 19.9 Å². The van der Waals surface area contributed by atoms with Crippen LogP contribution in [-0.4, -0.2) is 57.6 Å². The number of carbonyl (C=O) groups is 1. The first kappa shape index (κ1) is 30.3. The van der Waals surface area contributed by atoms with Gasteiger partial charge < -0.3 is 14.4 Å². The molecule has 4 aromatic rings. The van der Waals surface area contributed by atoms with Crippen molar-refractivity contribution >= 4 is 25.2 Å². The average Bonchev–Trinajstić information content (AvgIpc) is 2.98. The van der Waals surface area contributed by atoms with Crippen molar-refractivity contribution in [1.29, 1.82) is 0 Å². The van der Waals surface area contributed by atoms with Crippen LogP contribution in [-0.2, 0) is 36.5 Å². The van der Waals surface area contributed by atoms with E-state index < -0.39 is 12.9 Å². The molecule has 11 heteroatoms. The van der Waals surface area contributed by atoms with Gasteiger partial charge in [0.25, 0.3) is 0 Å². The number of nitrogens with zero attached hydrogens (tertiary/aromatic N) is 4. The smallest absolute Gasteiger partial charge is 0.535 e. The number of hydrogen-bond acceptors (Lipinski definition) is 9. The second-order valence-corrected chi connectivity index (χ2v) is 10.7. The minimum atomic E-state index is -1.13. The summed E-state index contributed by atoms with van der Waals surface area (Å²) in [4.78, 5) is 27.1. The molecule has 212 valence electrons. The largest absolute Gasteiger partial charge is 0.536 e. The third kappa shape index (κ3) is 8.67. The summed E-state index contributed by atoms with van der Waals surface area (Å²) in [5, 5.41) is 10.2. The zero-order valence-electron chi connectivity index (χ0n) is 23.0. The topological polar surface area (TPSA) is 97.7 Å². The number of rotatable bonds is 10. The fraction of sp³-hybridized carbons (Fsp3) is 0.267. The van der Waals surface area contributed by atoms with Crippen molar-refractivity contribution in [2.75, 3.05) is 14.2 Å². The Labute approximate surface area is 244 Å². The van der Waals surface area contributed by atoms with Gasteiger partial charge in [-0.3, -0.25) is 24.6 Å². The van der Waals surface area contributed by atoms with Crippen LogP contribution in [0.25, 0.3) is 0 Å². The number of aldehydes is 1. The molecule has 8 nitrogen and oxygen atoms in total. The normalized spacial score (nSPS) is 14.1. The van der Waals surface area contributed by atoms with Crippen molar-refractivity contribution < 1.29 is 23.6 Å². The number of thioether (sulfide) groups is 1. The maximum Gasteiger partial charge on any atom is 0.536 e. The molecule has 5 rings (SSSR count). The maximum absolute atomic E-state index is 13.9. The summed E-state index contributed by atoms with van der Waals surface area (Å²) in [5.74, 6) is 0.110. The van der Waals surface area contributed by atoms with Crippen LogP contribution in [0.4, 0.5) is 4.39 Å². The lowest BCUT2D eigenvalue weighted by molar-refractivity contribution is 0.111. The predicted molar refractivity (Wildman–Crippen MR) is 158 cm³/mol. The van der Waals surface area contributed by atoms with E-state index in [0.717, 1.165) is 22.6 Å². The zero-order valence-corrected chi connectivity index (χ0v) is 23.8. The van der Waals surface area contributed by atoms with Crippen molar-refractivity contribution in [2.45, 2.75) is 37.0 Å². The van der Waals surface area contributed by atoms with Crippen LogP contribution in [0.3, 0.4) is 0 Å². The van der Waals surface area contributed by atoms with Gasteiger partial charge in [-0.2, -0.15) is 11.8 Å². The van der Waals surface area contributed by atoms with Crippen LogP contribution in [0, 0.1) is 5.82 Å². The molecule has 3 aromatic heterocycles. The molecule has 0 amide bonds. The van der Waals surface area contributed by atoms with Crippen LogP contribution in [0.1, 0.15) is 38.6 Å². The molecule has 0 fully saturated rings. The van der Waals surface area contributed by atoms with Crippen LogP contribution < -0.4 is 4.65 Å².